The van der Waals surface area contributed by atoms with Crippen molar-refractivity contribution in [3.63, 3.8) is 0 Å². The number of thioether (sulfide) groups is 1. The van der Waals surface area contributed by atoms with Crippen molar-refractivity contribution >= 4 is 11.8 Å². The summed E-state index contributed by atoms with van der Waals surface area (Å²) >= 11 is 1.93. The van der Waals surface area contributed by atoms with Gasteiger partial charge in [-0.2, -0.15) is 11.8 Å². The molecule has 0 aliphatic heterocycles. The molecule has 2 unspecified atom stereocenters. The maximum absolute atomic E-state index is 9.28. The van der Waals surface area contributed by atoms with Gasteiger partial charge in [-0.05, 0) is 32.6 Å². The summed E-state index contributed by atoms with van der Waals surface area (Å²) in [4.78, 5) is 0. The maximum atomic E-state index is 9.28. The maximum Gasteiger partial charge on any atom is 0.0613 e. The van der Waals surface area contributed by atoms with Crippen molar-refractivity contribution in [1.82, 2.24) is 5.32 Å². The number of likely N-dealkylation sites (N-methyl/N-ethyl adjacent to an activating group) is 1. The van der Waals surface area contributed by atoms with E-state index in [1.807, 2.05) is 18.8 Å². The Morgan fingerprint density at radius 3 is 2.92 bits per heavy atom. The Balaban J connectivity index is 2.52. The molecule has 0 aromatic heterocycles. The van der Waals surface area contributed by atoms with Crippen LogP contribution in [-0.4, -0.2) is 35.8 Å². The molecule has 0 spiro atoms. The number of nitrogens with one attached hydrogen (secondary N) is 1. The summed E-state index contributed by atoms with van der Waals surface area (Å²) in [5.74, 6) is 0. The molecule has 0 heterocycles. The van der Waals surface area contributed by atoms with E-state index in [-0.39, 0.29) is 12.1 Å². The zero-order valence-corrected chi connectivity index (χ0v) is 8.78. The molecule has 0 saturated heterocycles. The van der Waals surface area contributed by atoms with Crippen molar-refractivity contribution in [3.8, 4) is 0 Å². The van der Waals surface area contributed by atoms with Crippen molar-refractivity contribution in [2.45, 2.75) is 36.5 Å². The van der Waals surface area contributed by atoms with Gasteiger partial charge in [0.2, 0.25) is 0 Å². The van der Waals surface area contributed by atoms with Gasteiger partial charge in [-0.3, -0.25) is 0 Å². The van der Waals surface area contributed by atoms with E-state index < -0.39 is 0 Å². The fourth-order valence-corrected chi connectivity index (χ4v) is 2.85. The molecule has 72 valence electrons. The minimum Gasteiger partial charge on any atom is -0.394 e. The van der Waals surface area contributed by atoms with Gasteiger partial charge in [0.25, 0.3) is 0 Å². The first-order valence-corrected chi connectivity index (χ1v) is 5.88. The molecule has 1 saturated carbocycles. The first-order valence-electron chi connectivity index (χ1n) is 4.59. The molecule has 0 aromatic carbocycles. The molecule has 2 N–H and O–H groups in total. The summed E-state index contributed by atoms with van der Waals surface area (Å²) in [6.07, 6.45) is 6.95. The normalized spacial score (nSPS) is 36.8. The quantitative estimate of drug-likeness (QED) is 0.700. The van der Waals surface area contributed by atoms with Gasteiger partial charge in [-0.25, -0.2) is 0 Å². The lowest BCUT2D eigenvalue weighted by Crippen LogP contribution is -2.50. The highest BCUT2D eigenvalue weighted by molar-refractivity contribution is 7.99. The Morgan fingerprint density at radius 2 is 2.42 bits per heavy atom. The lowest BCUT2D eigenvalue weighted by molar-refractivity contribution is 0.131. The van der Waals surface area contributed by atoms with E-state index in [1.54, 1.807) is 0 Å². The zero-order chi connectivity index (χ0) is 9.03. The molecule has 3 heteroatoms. The molecule has 0 bridgehead atoms. The van der Waals surface area contributed by atoms with E-state index in [0.29, 0.717) is 0 Å². The molecule has 1 fully saturated rings. The van der Waals surface area contributed by atoms with Crippen LogP contribution in [0.5, 0.6) is 0 Å². The summed E-state index contributed by atoms with van der Waals surface area (Å²) in [5, 5.41) is 13.3. The third-order valence-corrected chi connectivity index (χ3v) is 4.04. The van der Waals surface area contributed by atoms with Crippen LogP contribution in [0.3, 0.4) is 0 Å². The first-order chi connectivity index (χ1) is 5.76. The minimum absolute atomic E-state index is 0.0198. The van der Waals surface area contributed by atoms with Crippen molar-refractivity contribution in [1.29, 1.82) is 0 Å². The SMILES string of the molecule is CNC1(CO)CCCC(SC)C1. The monoisotopic (exact) mass is 189 g/mol. The Morgan fingerprint density at radius 1 is 1.67 bits per heavy atom. The van der Waals surface area contributed by atoms with Crippen LogP contribution < -0.4 is 5.32 Å². The molecule has 0 amide bonds. The van der Waals surface area contributed by atoms with Crippen molar-refractivity contribution < 1.29 is 5.11 Å². The van der Waals surface area contributed by atoms with Crippen molar-refractivity contribution in [3.05, 3.63) is 0 Å². The average molecular weight is 189 g/mol. The van der Waals surface area contributed by atoms with E-state index in [2.05, 4.69) is 11.6 Å². The van der Waals surface area contributed by atoms with Crippen molar-refractivity contribution in [2.24, 2.45) is 0 Å². The molecular weight excluding hydrogens is 170 g/mol. The molecule has 0 aromatic rings. The average Bonchev–Trinajstić information content (AvgIpc) is 2.18. The second kappa shape index (κ2) is 4.49. The summed E-state index contributed by atoms with van der Waals surface area (Å²) in [5.41, 5.74) is 0.0198. The standard InChI is InChI=1S/C9H19NOS/c1-10-9(7-11)5-3-4-8(6-9)12-2/h8,10-11H,3-7H2,1-2H3. The fraction of sp³-hybridized carbons (Fsp3) is 1.00. The van der Waals surface area contributed by atoms with Crippen LogP contribution in [0.4, 0.5) is 0 Å². The van der Waals surface area contributed by atoms with E-state index >= 15 is 0 Å². The summed E-state index contributed by atoms with van der Waals surface area (Å²) < 4.78 is 0. The zero-order valence-electron chi connectivity index (χ0n) is 7.97. The second-order valence-electron chi connectivity index (χ2n) is 3.64. The summed E-state index contributed by atoms with van der Waals surface area (Å²) in [7, 11) is 1.96. The van der Waals surface area contributed by atoms with Gasteiger partial charge in [0.05, 0.1) is 6.61 Å². The van der Waals surface area contributed by atoms with E-state index in [0.717, 1.165) is 18.1 Å². The van der Waals surface area contributed by atoms with Gasteiger partial charge in [0.1, 0.15) is 0 Å². The lowest BCUT2D eigenvalue weighted by atomic mass is 9.82. The van der Waals surface area contributed by atoms with Gasteiger partial charge in [0, 0.05) is 10.8 Å². The molecule has 0 radical (unpaired) electrons. The number of aliphatic hydroxyl groups excluding tert-OH is 1. The van der Waals surface area contributed by atoms with Crippen LogP contribution in [0.15, 0.2) is 0 Å². The summed E-state index contributed by atoms with van der Waals surface area (Å²) in [6, 6.07) is 0. The highest BCUT2D eigenvalue weighted by Gasteiger charge is 2.33. The third kappa shape index (κ3) is 2.15. The van der Waals surface area contributed by atoms with Gasteiger partial charge in [-0.1, -0.05) is 6.42 Å². The number of aliphatic hydroxyl groups is 1. The minimum atomic E-state index is 0.0198. The molecule has 12 heavy (non-hydrogen) atoms. The molecule has 1 aliphatic carbocycles. The lowest BCUT2D eigenvalue weighted by Gasteiger charge is -2.39. The van der Waals surface area contributed by atoms with E-state index in [1.165, 1.54) is 12.8 Å². The van der Waals surface area contributed by atoms with Gasteiger partial charge < -0.3 is 10.4 Å². The van der Waals surface area contributed by atoms with Crippen LogP contribution in [-0.2, 0) is 0 Å². The summed E-state index contributed by atoms with van der Waals surface area (Å²) in [6.45, 7) is 0.278. The van der Waals surface area contributed by atoms with E-state index in [4.69, 9.17) is 0 Å². The first kappa shape index (κ1) is 10.4. The van der Waals surface area contributed by atoms with Crippen LogP contribution >= 0.6 is 11.8 Å². The third-order valence-electron chi connectivity index (χ3n) is 2.97. The van der Waals surface area contributed by atoms with Gasteiger partial charge in [-0.15, -0.1) is 0 Å². The second-order valence-corrected chi connectivity index (χ2v) is 4.78. The molecule has 1 rings (SSSR count). The Hall–Kier alpha value is 0.270. The van der Waals surface area contributed by atoms with Gasteiger partial charge >= 0.3 is 0 Å². The molecule has 1 aliphatic rings. The van der Waals surface area contributed by atoms with Crippen LogP contribution in [0, 0.1) is 0 Å². The smallest absolute Gasteiger partial charge is 0.0613 e. The Kier molecular flexibility index (Phi) is 3.87. The topological polar surface area (TPSA) is 32.3 Å². The predicted octanol–water partition coefficient (Wildman–Crippen LogP) is 1.24. The largest absolute Gasteiger partial charge is 0.394 e. The highest BCUT2D eigenvalue weighted by Crippen LogP contribution is 2.33. The van der Waals surface area contributed by atoms with Crippen LogP contribution in [0.2, 0.25) is 0 Å². The highest BCUT2D eigenvalue weighted by atomic mass is 32.2. The van der Waals surface area contributed by atoms with Crippen molar-refractivity contribution in [2.75, 3.05) is 19.9 Å². The Labute approximate surface area is 79.1 Å². The molecule has 2 nitrogen and oxygen atoms in total. The number of hydrogen-bond acceptors (Lipinski definition) is 3. The van der Waals surface area contributed by atoms with Crippen LogP contribution in [0.1, 0.15) is 25.7 Å². The number of rotatable bonds is 3. The van der Waals surface area contributed by atoms with E-state index in [9.17, 15) is 5.11 Å². The molecular formula is C9H19NOS. The van der Waals surface area contributed by atoms with Gasteiger partial charge in [0.15, 0.2) is 0 Å². The molecule has 2 atom stereocenters. The predicted molar refractivity (Wildman–Crippen MR) is 54.6 cm³/mol. The fourth-order valence-electron chi connectivity index (χ4n) is 1.96. The van der Waals surface area contributed by atoms with Crippen LogP contribution in [0.25, 0.3) is 0 Å². The Bertz CT molecular complexity index is 136. The number of hydrogen-bond donors (Lipinski definition) is 2.